The van der Waals surface area contributed by atoms with Crippen LogP contribution >= 0.6 is 0 Å². The predicted octanol–water partition coefficient (Wildman–Crippen LogP) is -1.31. The average molecular weight is 229 g/mol. The van der Waals surface area contributed by atoms with E-state index in [1.807, 2.05) is 0 Å². The highest BCUT2D eigenvalue weighted by Crippen LogP contribution is 2.09. The van der Waals surface area contributed by atoms with Gasteiger partial charge >= 0.3 is 6.01 Å². The molecule has 0 aliphatic rings. The van der Waals surface area contributed by atoms with E-state index in [4.69, 9.17) is 14.9 Å². The number of methoxy groups -OCH3 is 1. The zero-order chi connectivity index (χ0) is 12.0. The molecular weight excluding hydrogens is 214 g/mol. The molecule has 0 aliphatic carbocycles. The van der Waals surface area contributed by atoms with E-state index >= 15 is 0 Å². The van der Waals surface area contributed by atoms with E-state index in [1.165, 1.54) is 7.11 Å². The fraction of sp³-hybridized carbons (Fsp3) is 0.625. The quantitative estimate of drug-likeness (QED) is 0.475. The third-order valence-corrected chi connectivity index (χ3v) is 1.73. The number of aliphatic hydroxyl groups excluding tert-OH is 2. The van der Waals surface area contributed by atoms with Crippen LogP contribution in [0.3, 0.4) is 0 Å². The van der Waals surface area contributed by atoms with Crippen molar-refractivity contribution in [2.75, 3.05) is 37.9 Å². The second-order valence-electron chi connectivity index (χ2n) is 2.94. The van der Waals surface area contributed by atoms with Gasteiger partial charge in [-0.15, -0.1) is 0 Å². The van der Waals surface area contributed by atoms with Crippen LogP contribution in [0.15, 0.2) is 0 Å². The Bertz CT molecular complexity index is 313. The van der Waals surface area contributed by atoms with Gasteiger partial charge in [0.05, 0.1) is 19.8 Å². The lowest BCUT2D eigenvalue weighted by Gasteiger charge is -2.10. The molecule has 0 saturated carbocycles. The first-order valence-corrected chi connectivity index (χ1v) is 4.70. The third-order valence-electron chi connectivity index (χ3n) is 1.73. The van der Waals surface area contributed by atoms with Crippen molar-refractivity contribution in [2.45, 2.75) is 6.10 Å². The van der Waals surface area contributed by atoms with Gasteiger partial charge in [-0.25, -0.2) is 0 Å². The molecule has 4 N–H and O–H groups in total. The number of nitrogens with one attached hydrogen (secondary N) is 2. The third kappa shape index (κ3) is 3.48. The molecule has 0 aromatic carbocycles. The van der Waals surface area contributed by atoms with Crippen LogP contribution in [-0.2, 0) is 0 Å². The topological polar surface area (TPSA) is 112 Å². The molecule has 1 heterocycles. The molecule has 0 bridgehead atoms. The van der Waals surface area contributed by atoms with Crippen molar-refractivity contribution >= 4 is 11.9 Å². The Balaban J connectivity index is 2.71. The second-order valence-corrected chi connectivity index (χ2v) is 2.94. The molecule has 8 heteroatoms. The van der Waals surface area contributed by atoms with Crippen LogP contribution in [0.5, 0.6) is 6.01 Å². The largest absolute Gasteiger partial charge is 0.467 e. The van der Waals surface area contributed by atoms with E-state index < -0.39 is 6.10 Å². The first-order chi connectivity index (χ1) is 7.69. The molecule has 8 nitrogen and oxygen atoms in total. The van der Waals surface area contributed by atoms with Crippen molar-refractivity contribution < 1.29 is 14.9 Å². The molecule has 90 valence electrons. The number of ether oxygens (including phenoxy) is 1. The van der Waals surface area contributed by atoms with Gasteiger partial charge in [0, 0.05) is 13.6 Å². The van der Waals surface area contributed by atoms with Gasteiger partial charge < -0.3 is 25.6 Å². The van der Waals surface area contributed by atoms with Crippen molar-refractivity contribution in [3.05, 3.63) is 0 Å². The summed E-state index contributed by atoms with van der Waals surface area (Å²) in [6.07, 6.45) is -0.860. The molecule has 0 spiro atoms. The summed E-state index contributed by atoms with van der Waals surface area (Å²) in [5, 5.41) is 23.3. The van der Waals surface area contributed by atoms with Crippen molar-refractivity contribution in [3.63, 3.8) is 0 Å². The Morgan fingerprint density at radius 1 is 1.31 bits per heavy atom. The molecule has 0 radical (unpaired) electrons. The summed E-state index contributed by atoms with van der Waals surface area (Å²) in [6.45, 7) is -0.180. The summed E-state index contributed by atoms with van der Waals surface area (Å²) in [7, 11) is 3.11. The van der Waals surface area contributed by atoms with Crippen LogP contribution in [-0.4, -0.2) is 58.6 Å². The van der Waals surface area contributed by atoms with Crippen molar-refractivity contribution in [1.29, 1.82) is 0 Å². The zero-order valence-corrected chi connectivity index (χ0v) is 9.14. The van der Waals surface area contributed by atoms with Crippen molar-refractivity contribution in [1.82, 2.24) is 15.0 Å². The molecular formula is C8H15N5O3. The highest BCUT2D eigenvalue weighted by Gasteiger charge is 2.07. The molecule has 1 atom stereocenters. The number of hydrogen-bond donors (Lipinski definition) is 4. The lowest BCUT2D eigenvalue weighted by Crippen LogP contribution is -2.24. The number of anilines is 2. The highest BCUT2D eigenvalue weighted by atomic mass is 16.5. The zero-order valence-electron chi connectivity index (χ0n) is 9.14. The van der Waals surface area contributed by atoms with Crippen LogP contribution in [0.25, 0.3) is 0 Å². The smallest absolute Gasteiger partial charge is 0.322 e. The number of hydrogen-bond acceptors (Lipinski definition) is 8. The lowest BCUT2D eigenvalue weighted by molar-refractivity contribution is 0.105. The summed E-state index contributed by atoms with van der Waals surface area (Å²) >= 11 is 0. The molecule has 0 saturated heterocycles. The Morgan fingerprint density at radius 2 is 2.00 bits per heavy atom. The molecule has 1 unspecified atom stereocenters. The van der Waals surface area contributed by atoms with Gasteiger partial charge in [0.15, 0.2) is 0 Å². The van der Waals surface area contributed by atoms with E-state index in [0.717, 1.165) is 0 Å². The Labute approximate surface area is 92.7 Å². The summed E-state index contributed by atoms with van der Waals surface area (Å²) in [4.78, 5) is 11.8. The number of aliphatic hydroxyl groups is 2. The van der Waals surface area contributed by atoms with Crippen LogP contribution in [0.2, 0.25) is 0 Å². The summed E-state index contributed by atoms with van der Waals surface area (Å²) < 4.78 is 4.88. The standard InChI is InChI=1S/C8H15N5O3/c1-9-6-11-7(10-3-5(15)4-14)13-8(12-6)16-2/h5,14-15H,3-4H2,1-2H3,(H2,9,10,11,12,13). The molecule has 1 rings (SSSR count). The molecule has 1 aromatic rings. The van der Waals surface area contributed by atoms with Crippen LogP contribution in [0.1, 0.15) is 0 Å². The summed E-state index contributed by atoms with van der Waals surface area (Å²) in [6, 6.07) is 0.167. The number of rotatable bonds is 6. The molecule has 1 aromatic heterocycles. The normalized spacial score (nSPS) is 12.0. The van der Waals surface area contributed by atoms with E-state index in [0.29, 0.717) is 5.95 Å². The van der Waals surface area contributed by atoms with Crippen LogP contribution in [0.4, 0.5) is 11.9 Å². The maximum Gasteiger partial charge on any atom is 0.322 e. The monoisotopic (exact) mass is 229 g/mol. The van der Waals surface area contributed by atoms with E-state index in [1.54, 1.807) is 7.05 Å². The van der Waals surface area contributed by atoms with Gasteiger partial charge in [-0.3, -0.25) is 0 Å². The molecule has 16 heavy (non-hydrogen) atoms. The van der Waals surface area contributed by atoms with Gasteiger partial charge in [-0.2, -0.15) is 15.0 Å². The van der Waals surface area contributed by atoms with Crippen molar-refractivity contribution in [2.24, 2.45) is 0 Å². The van der Waals surface area contributed by atoms with Gasteiger partial charge in [0.2, 0.25) is 11.9 Å². The minimum atomic E-state index is -0.860. The molecule has 0 aliphatic heterocycles. The number of aromatic nitrogens is 3. The average Bonchev–Trinajstić information content (AvgIpc) is 2.35. The first kappa shape index (κ1) is 12.4. The van der Waals surface area contributed by atoms with Gasteiger partial charge in [0.25, 0.3) is 0 Å². The molecule has 0 amide bonds. The predicted molar refractivity (Wildman–Crippen MR) is 57.5 cm³/mol. The maximum absolute atomic E-state index is 9.14. The Kier molecular flexibility index (Phi) is 4.67. The molecule has 0 fully saturated rings. The van der Waals surface area contributed by atoms with Crippen molar-refractivity contribution in [3.8, 4) is 6.01 Å². The Morgan fingerprint density at radius 3 is 2.56 bits per heavy atom. The van der Waals surface area contributed by atoms with Gasteiger partial charge in [0.1, 0.15) is 0 Å². The van der Waals surface area contributed by atoms with Crippen LogP contribution in [0, 0.1) is 0 Å². The van der Waals surface area contributed by atoms with Crippen LogP contribution < -0.4 is 15.4 Å². The summed E-state index contributed by atoms with van der Waals surface area (Å²) in [5.41, 5.74) is 0. The number of nitrogens with zero attached hydrogens (tertiary/aromatic N) is 3. The first-order valence-electron chi connectivity index (χ1n) is 4.70. The van der Waals surface area contributed by atoms with Gasteiger partial charge in [-0.1, -0.05) is 0 Å². The van der Waals surface area contributed by atoms with E-state index in [-0.39, 0.29) is 25.1 Å². The van der Waals surface area contributed by atoms with E-state index in [2.05, 4.69) is 25.6 Å². The Hall–Kier alpha value is -1.67. The fourth-order valence-electron chi connectivity index (χ4n) is 0.912. The minimum Gasteiger partial charge on any atom is -0.467 e. The highest BCUT2D eigenvalue weighted by molar-refractivity contribution is 5.35. The van der Waals surface area contributed by atoms with Gasteiger partial charge in [-0.05, 0) is 0 Å². The lowest BCUT2D eigenvalue weighted by atomic mass is 10.4. The fourth-order valence-corrected chi connectivity index (χ4v) is 0.912. The SMILES string of the molecule is CNc1nc(NCC(O)CO)nc(OC)n1. The summed E-state index contributed by atoms with van der Waals surface area (Å²) in [5.74, 6) is 0.622. The van der Waals surface area contributed by atoms with E-state index in [9.17, 15) is 0 Å². The maximum atomic E-state index is 9.14. The minimum absolute atomic E-state index is 0.146. The second kappa shape index (κ2) is 6.03.